The van der Waals surface area contributed by atoms with E-state index < -0.39 is 0 Å². The molecule has 4 nitrogen and oxygen atoms in total. The summed E-state index contributed by atoms with van der Waals surface area (Å²) in [4.78, 5) is 18.2. The van der Waals surface area contributed by atoms with E-state index in [-0.39, 0.29) is 11.9 Å². The molecule has 1 amide bonds. The van der Waals surface area contributed by atoms with Crippen molar-refractivity contribution < 1.29 is 4.79 Å². The molecule has 1 atom stereocenters. The summed E-state index contributed by atoms with van der Waals surface area (Å²) in [5, 5.41) is 13.3. The standard InChI is InChI=1S/C15H15N3OS2/c16-11-12(13-3-1-9-20-13)17-5-7-18(8-6-17)15(19)14-4-2-10-21-14/h1-4,9-10,12H,5-8H2. The highest BCUT2D eigenvalue weighted by atomic mass is 32.1. The zero-order chi connectivity index (χ0) is 14.7. The SMILES string of the molecule is N#CC(c1cccs1)N1CCN(C(=O)c2cccs2)CC1. The Hall–Kier alpha value is -1.68. The molecular weight excluding hydrogens is 302 g/mol. The van der Waals surface area contributed by atoms with Crippen LogP contribution in [-0.2, 0) is 0 Å². The Balaban J connectivity index is 1.63. The van der Waals surface area contributed by atoms with E-state index in [0.29, 0.717) is 13.1 Å². The molecule has 0 saturated carbocycles. The Morgan fingerprint density at radius 1 is 1.14 bits per heavy atom. The smallest absolute Gasteiger partial charge is 0.264 e. The maximum Gasteiger partial charge on any atom is 0.264 e. The van der Waals surface area contributed by atoms with E-state index in [2.05, 4.69) is 11.0 Å². The number of carbonyl (C=O) groups excluding carboxylic acids is 1. The second-order valence-corrected chi connectivity index (χ2v) is 6.78. The lowest BCUT2D eigenvalue weighted by Gasteiger charge is -2.36. The molecule has 21 heavy (non-hydrogen) atoms. The van der Waals surface area contributed by atoms with Gasteiger partial charge in [0.25, 0.3) is 5.91 Å². The van der Waals surface area contributed by atoms with E-state index in [4.69, 9.17) is 0 Å². The van der Waals surface area contributed by atoms with Gasteiger partial charge in [0.05, 0.1) is 10.9 Å². The van der Waals surface area contributed by atoms with Crippen LogP contribution in [0.1, 0.15) is 20.6 Å². The second kappa shape index (κ2) is 6.39. The van der Waals surface area contributed by atoms with E-state index in [1.165, 1.54) is 11.3 Å². The number of rotatable bonds is 3. The van der Waals surface area contributed by atoms with Gasteiger partial charge in [0.2, 0.25) is 0 Å². The van der Waals surface area contributed by atoms with Crippen molar-refractivity contribution in [1.29, 1.82) is 5.26 Å². The maximum absolute atomic E-state index is 12.3. The molecule has 1 aliphatic heterocycles. The van der Waals surface area contributed by atoms with Gasteiger partial charge in [-0.3, -0.25) is 9.69 Å². The summed E-state index contributed by atoms with van der Waals surface area (Å²) in [6.07, 6.45) is 0. The summed E-state index contributed by atoms with van der Waals surface area (Å²) in [6, 6.07) is 9.93. The van der Waals surface area contributed by atoms with Crippen LogP contribution in [0.4, 0.5) is 0 Å². The van der Waals surface area contributed by atoms with E-state index in [0.717, 1.165) is 22.8 Å². The van der Waals surface area contributed by atoms with Gasteiger partial charge in [0, 0.05) is 31.1 Å². The molecular formula is C15H15N3OS2. The summed E-state index contributed by atoms with van der Waals surface area (Å²) >= 11 is 3.09. The number of thiophene rings is 2. The Bertz CT molecular complexity index is 622. The van der Waals surface area contributed by atoms with Crippen molar-refractivity contribution in [3.8, 4) is 6.07 Å². The van der Waals surface area contributed by atoms with Crippen LogP contribution in [-0.4, -0.2) is 41.9 Å². The molecule has 0 spiro atoms. The first kappa shape index (κ1) is 14.3. The van der Waals surface area contributed by atoms with Crippen molar-refractivity contribution in [1.82, 2.24) is 9.80 Å². The topological polar surface area (TPSA) is 47.3 Å². The zero-order valence-electron chi connectivity index (χ0n) is 11.4. The van der Waals surface area contributed by atoms with Crippen molar-refractivity contribution in [3.63, 3.8) is 0 Å². The van der Waals surface area contributed by atoms with Gasteiger partial charge < -0.3 is 4.90 Å². The highest BCUT2D eigenvalue weighted by Crippen LogP contribution is 2.26. The molecule has 2 aromatic heterocycles. The van der Waals surface area contributed by atoms with Gasteiger partial charge in [-0.1, -0.05) is 12.1 Å². The third-order valence-corrected chi connectivity index (χ3v) is 5.42. The average Bonchev–Trinajstić information content (AvgIpc) is 3.22. The Kier molecular flexibility index (Phi) is 4.34. The van der Waals surface area contributed by atoms with Crippen LogP contribution in [0.15, 0.2) is 35.0 Å². The van der Waals surface area contributed by atoms with E-state index in [1.54, 1.807) is 11.3 Å². The highest BCUT2D eigenvalue weighted by Gasteiger charge is 2.28. The molecule has 3 rings (SSSR count). The fourth-order valence-corrected chi connectivity index (χ4v) is 4.00. The van der Waals surface area contributed by atoms with Crippen LogP contribution in [0.25, 0.3) is 0 Å². The van der Waals surface area contributed by atoms with Crippen LogP contribution < -0.4 is 0 Å². The number of nitrogens with zero attached hydrogens (tertiary/aromatic N) is 3. The minimum Gasteiger partial charge on any atom is -0.335 e. The number of amides is 1. The molecule has 6 heteroatoms. The van der Waals surface area contributed by atoms with Crippen LogP contribution in [0.5, 0.6) is 0 Å². The molecule has 1 saturated heterocycles. The summed E-state index contributed by atoms with van der Waals surface area (Å²) in [7, 11) is 0. The maximum atomic E-state index is 12.3. The third-order valence-electron chi connectivity index (χ3n) is 3.63. The van der Waals surface area contributed by atoms with Crippen LogP contribution in [0.3, 0.4) is 0 Å². The lowest BCUT2D eigenvalue weighted by Crippen LogP contribution is -2.49. The van der Waals surface area contributed by atoms with Crippen molar-refractivity contribution in [2.75, 3.05) is 26.2 Å². The van der Waals surface area contributed by atoms with E-state index >= 15 is 0 Å². The third kappa shape index (κ3) is 3.00. The van der Waals surface area contributed by atoms with Crippen LogP contribution in [0.2, 0.25) is 0 Å². The minimum atomic E-state index is -0.191. The molecule has 2 aromatic rings. The normalized spacial score (nSPS) is 17.4. The van der Waals surface area contributed by atoms with Gasteiger partial charge in [-0.25, -0.2) is 0 Å². The molecule has 0 radical (unpaired) electrons. The van der Waals surface area contributed by atoms with Gasteiger partial charge >= 0.3 is 0 Å². The fourth-order valence-electron chi connectivity index (χ4n) is 2.51. The molecule has 3 heterocycles. The molecule has 1 fully saturated rings. The first-order chi connectivity index (χ1) is 10.3. The molecule has 1 unspecified atom stereocenters. The van der Waals surface area contributed by atoms with Gasteiger partial charge in [-0.05, 0) is 22.9 Å². The lowest BCUT2D eigenvalue weighted by molar-refractivity contribution is 0.0613. The van der Waals surface area contributed by atoms with Crippen molar-refractivity contribution in [2.45, 2.75) is 6.04 Å². The first-order valence-electron chi connectivity index (χ1n) is 6.79. The molecule has 108 valence electrons. The van der Waals surface area contributed by atoms with Gasteiger partial charge in [-0.2, -0.15) is 5.26 Å². The number of carbonyl (C=O) groups is 1. The fraction of sp³-hybridized carbons (Fsp3) is 0.333. The summed E-state index contributed by atoms with van der Waals surface area (Å²) in [5.41, 5.74) is 0. The van der Waals surface area contributed by atoms with E-state index in [1.807, 2.05) is 39.9 Å². The molecule has 1 aliphatic rings. The van der Waals surface area contributed by atoms with Crippen molar-refractivity contribution in [3.05, 3.63) is 44.8 Å². The highest BCUT2D eigenvalue weighted by molar-refractivity contribution is 7.12. The van der Waals surface area contributed by atoms with Crippen LogP contribution >= 0.6 is 22.7 Å². The molecule has 0 aromatic carbocycles. The van der Waals surface area contributed by atoms with E-state index in [9.17, 15) is 10.1 Å². The quantitative estimate of drug-likeness (QED) is 0.874. The summed E-state index contributed by atoms with van der Waals surface area (Å²) in [6.45, 7) is 2.85. The lowest BCUT2D eigenvalue weighted by atomic mass is 10.2. The first-order valence-corrected chi connectivity index (χ1v) is 8.55. The molecule has 0 bridgehead atoms. The number of nitriles is 1. The minimum absolute atomic E-state index is 0.106. The van der Waals surface area contributed by atoms with Crippen molar-refractivity contribution in [2.24, 2.45) is 0 Å². The predicted molar refractivity (Wildman–Crippen MR) is 84.5 cm³/mol. The Morgan fingerprint density at radius 2 is 1.86 bits per heavy atom. The number of piperazine rings is 1. The Morgan fingerprint density at radius 3 is 2.43 bits per heavy atom. The monoisotopic (exact) mass is 317 g/mol. The number of hydrogen-bond acceptors (Lipinski definition) is 5. The molecule has 0 aliphatic carbocycles. The predicted octanol–water partition coefficient (Wildman–Crippen LogP) is 2.83. The van der Waals surface area contributed by atoms with Gasteiger partial charge in [0.15, 0.2) is 0 Å². The largest absolute Gasteiger partial charge is 0.335 e. The van der Waals surface area contributed by atoms with Crippen LogP contribution in [0, 0.1) is 11.3 Å². The average molecular weight is 317 g/mol. The Labute approximate surface area is 131 Å². The second-order valence-electron chi connectivity index (χ2n) is 4.85. The summed E-state index contributed by atoms with van der Waals surface area (Å²) < 4.78 is 0. The number of hydrogen-bond donors (Lipinski definition) is 0. The van der Waals surface area contributed by atoms with Gasteiger partial charge in [0.1, 0.15) is 6.04 Å². The molecule has 0 N–H and O–H groups in total. The van der Waals surface area contributed by atoms with Crippen molar-refractivity contribution >= 4 is 28.6 Å². The zero-order valence-corrected chi connectivity index (χ0v) is 13.1. The van der Waals surface area contributed by atoms with Gasteiger partial charge in [-0.15, -0.1) is 22.7 Å². The summed E-state index contributed by atoms with van der Waals surface area (Å²) in [5.74, 6) is 0.106.